The molecule has 0 unspecified atom stereocenters. The average Bonchev–Trinajstić information content (AvgIpc) is 2.81. The Kier molecular flexibility index (Phi) is 6.30. The van der Waals surface area contributed by atoms with Gasteiger partial charge >= 0.3 is 0 Å². The highest BCUT2D eigenvalue weighted by molar-refractivity contribution is 7.91. The number of amides is 1. The van der Waals surface area contributed by atoms with Gasteiger partial charge in [-0.3, -0.25) is 9.59 Å². The second-order valence-corrected chi connectivity index (χ2v) is 9.59. The van der Waals surface area contributed by atoms with Gasteiger partial charge in [-0.05, 0) is 66.6 Å². The number of nitrogens with zero attached hydrogens (tertiary/aromatic N) is 1. The van der Waals surface area contributed by atoms with Crippen LogP contribution < -0.4 is 10.7 Å². The molecule has 0 radical (unpaired) electrons. The fourth-order valence-electron chi connectivity index (χ4n) is 3.58. The Morgan fingerprint density at radius 2 is 1.59 bits per heavy atom. The number of benzene rings is 3. The Hall–Kier alpha value is -3.85. The van der Waals surface area contributed by atoms with E-state index in [1.165, 1.54) is 10.6 Å². The van der Waals surface area contributed by atoms with Gasteiger partial charge in [0.15, 0.2) is 0 Å². The quantitative estimate of drug-likeness (QED) is 0.415. The maximum absolute atomic E-state index is 13.9. The highest BCUT2D eigenvalue weighted by atomic mass is 32.2. The van der Waals surface area contributed by atoms with Gasteiger partial charge in [0, 0.05) is 17.3 Å². The van der Waals surface area contributed by atoms with Gasteiger partial charge in [-0.1, -0.05) is 19.1 Å². The predicted octanol–water partition coefficient (Wildman–Crippen LogP) is 4.31. The van der Waals surface area contributed by atoms with Crippen molar-refractivity contribution in [1.29, 1.82) is 0 Å². The molecule has 1 aromatic heterocycles. The predicted molar refractivity (Wildman–Crippen MR) is 124 cm³/mol. The summed E-state index contributed by atoms with van der Waals surface area (Å²) in [5.74, 6) is -1.84. The van der Waals surface area contributed by atoms with Gasteiger partial charge in [0.1, 0.15) is 23.1 Å². The molecule has 0 atom stereocenters. The van der Waals surface area contributed by atoms with Crippen molar-refractivity contribution >= 4 is 32.3 Å². The molecule has 174 valence electrons. The molecule has 0 spiro atoms. The summed E-state index contributed by atoms with van der Waals surface area (Å²) < 4.78 is 54.8. The molecule has 3 aromatic carbocycles. The highest BCUT2D eigenvalue weighted by Crippen LogP contribution is 2.22. The third kappa shape index (κ3) is 4.60. The van der Waals surface area contributed by atoms with Crippen LogP contribution in [0.25, 0.3) is 10.9 Å². The molecular formula is C25H20F2N2O4S. The summed E-state index contributed by atoms with van der Waals surface area (Å²) in [6.45, 7) is 1.68. The number of aromatic nitrogens is 1. The molecule has 9 heteroatoms. The van der Waals surface area contributed by atoms with E-state index < -0.39 is 37.7 Å². The standard InChI is InChI=1S/C25H20F2N2O4S/c1-2-16-3-8-19(9-4-16)28-24(30)15-29-14-23(25(31)21-13-18(27)7-12-22(21)29)34(32,33)20-10-5-17(26)6-11-20/h3-14H,2,15H2,1H3,(H,28,30). The molecular weight excluding hydrogens is 462 g/mol. The third-order valence-electron chi connectivity index (χ3n) is 5.38. The summed E-state index contributed by atoms with van der Waals surface area (Å²) in [5.41, 5.74) is 0.936. The zero-order chi connectivity index (χ0) is 24.5. The van der Waals surface area contributed by atoms with Gasteiger partial charge < -0.3 is 9.88 Å². The van der Waals surface area contributed by atoms with E-state index in [0.29, 0.717) is 5.69 Å². The maximum Gasteiger partial charge on any atom is 0.244 e. The monoisotopic (exact) mass is 482 g/mol. The summed E-state index contributed by atoms with van der Waals surface area (Å²) in [6.07, 6.45) is 1.90. The van der Waals surface area contributed by atoms with Crippen LogP contribution >= 0.6 is 0 Å². The van der Waals surface area contributed by atoms with E-state index in [4.69, 9.17) is 0 Å². The lowest BCUT2D eigenvalue weighted by Crippen LogP contribution is -2.24. The van der Waals surface area contributed by atoms with Crippen molar-refractivity contribution in [3.63, 3.8) is 0 Å². The Balaban J connectivity index is 1.78. The smallest absolute Gasteiger partial charge is 0.244 e. The minimum Gasteiger partial charge on any atom is -0.336 e. The molecule has 34 heavy (non-hydrogen) atoms. The van der Waals surface area contributed by atoms with Gasteiger partial charge in [-0.2, -0.15) is 0 Å². The number of sulfone groups is 1. The molecule has 4 aromatic rings. The first-order chi connectivity index (χ1) is 16.2. The average molecular weight is 483 g/mol. The van der Waals surface area contributed by atoms with Crippen molar-refractivity contribution in [3.05, 3.63) is 100 Å². The fraction of sp³-hybridized carbons (Fsp3) is 0.120. The van der Waals surface area contributed by atoms with Crippen LogP contribution in [0.5, 0.6) is 0 Å². The first-order valence-electron chi connectivity index (χ1n) is 10.4. The summed E-state index contributed by atoms with van der Waals surface area (Å²) in [6, 6.07) is 14.6. The number of carbonyl (C=O) groups excluding carboxylic acids is 1. The van der Waals surface area contributed by atoms with Crippen LogP contribution in [0.1, 0.15) is 12.5 Å². The number of anilines is 1. The Morgan fingerprint density at radius 3 is 2.24 bits per heavy atom. The molecule has 0 aliphatic carbocycles. The summed E-state index contributed by atoms with van der Waals surface area (Å²) in [7, 11) is -4.37. The van der Waals surface area contributed by atoms with Gasteiger partial charge in [-0.15, -0.1) is 0 Å². The molecule has 1 N–H and O–H groups in total. The second-order valence-electron chi connectivity index (χ2n) is 7.67. The van der Waals surface area contributed by atoms with Crippen LogP contribution in [0, 0.1) is 11.6 Å². The van der Waals surface area contributed by atoms with Crippen LogP contribution in [-0.2, 0) is 27.6 Å². The van der Waals surface area contributed by atoms with Crippen molar-refractivity contribution in [1.82, 2.24) is 4.57 Å². The molecule has 0 saturated heterocycles. The van der Waals surface area contributed by atoms with E-state index >= 15 is 0 Å². The number of pyridine rings is 1. The van der Waals surface area contributed by atoms with Crippen molar-refractivity contribution in [2.75, 3.05) is 5.32 Å². The lowest BCUT2D eigenvalue weighted by Gasteiger charge is -2.14. The van der Waals surface area contributed by atoms with E-state index in [-0.39, 0.29) is 22.3 Å². The summed E-state index contributed by atoms with van der Waals surface area (Å²) >= 11 is 0. The van der Waals surface area contributed by atoms with Crippen LogP contribution in [-0.4, -0.2) is 18.9 Å². The number of hydrogen-bond acceptors (Lipinski definition) is 4. The Labute approximate surface area is 194 Å². The molecule has 4 rings (SSSR count). The minimum atomic E-state index is -4.37. The van der Waals surface area contributed by atoms with Crippen LogP contribution in [0.3, 0.4) is 0 Å². The highest BCUT2D eigenvalue weighted by Gasteiger charge is 2.24. The normalized spacial score (nSPS) is 11.5. The van der Waals surface area contributed by atoms with Crippen LogP contribution in [0.4, 0.5) is 14.5 Å². The molecule has 0 saturated carbocycles. The van der Waals surface area contributed by atoms with Crippen molar-refractivity contribution in [2.45, 2.75) is 29.7 Å². The van der Waals surface area contributed by atoms with E-state index in [9.17, 15) is 26.8 Å². The molecule has 6 nitrogen and oxygen atoms in total. The third-order valence-corrected chi connectivity index (χ3v) is 7.15. The zero-order valence-electron chi connectivity index (χ0n) is 18.1. The van der Waals surface area contributed by atoms with E-state index in [2.05, 4.69) is 5.32 Å². The number of carbonyl (C=O) groups is 1. The fourth-order valence-corrected chi connectivity index (χ4v) is 4.95. The Morgan fingerprint density at radius 1 is 0.941 bits per heavy atom. The number of rotatable bonds is 6. The first-order valence-corrected chi connectivity index (χ1v) is 11.9. The maximum atomic E-state index is 13.9. The molecule has 0 bridgehead atoms. The van der Waals surface area contributed by atoms with Gasteiger partial charge in [-0.25, -0.2) is 17.2 Å². The van der Waals surface area contributed by atoms with E-state index in [1.807, 2.05) is 19.1 Å². The number of fused-ring (bicyclic) bond motifs is 1. The number of hydrogen-bond donors (Lipinski definition) is 1. The van der Waals surface area contributed by atoms with Crippen molar-refractivity contribution in [2.24, 2.45) is 0 Å². The van der Waals surface area contributed by atoms with Crippen molar-refractivity contribution in [3.8, 4) is 0 Å². The topological polar surface area (TPSA) is 85.2 Å². The molecule has 0 fully saturated rings. The Bertz CT molecular complexity index is 1550. The zero-order valence-corrected chi connectivity index (χ0v) is 18.9. The van der Waals surface area contributed by atoms with Gasteiger partial charge in [0.2, 0.25) is 21.2 Å². The van der Waals surface area contributed by atoms with Crippen LogP contribution in [0.2, 0.25) is 0 Å². The first kappa shape index (κ1) is 23.3. The summed E-state index contributed by atoms with van der Waals surface area (Å²) in [4.78, 5) is 24.8. The van der Waals surface area contributed by atoms with E-state index in [0.717, 1.165) is 54.6 Å². The van der Waals surface area contributed by atoms with Gasteiger partial charge in [0.25, 0.3) is 0 Å². The number of aryl methyl sites for hydroxylation is 1. The number of nitrogens with one attached hydrogen (secondary N) is 1. The second kappa shape index (κ2) is 9.18. The SMILES string of the molecule is CCc1ccc(NC(=O)Cn2cc(S(=O)(=O)c3ccc(F)cc3)c(=O)c3cc(F)ccc32)cc1. The van der Waals surface area contributed by atoms with E-state index in [1.54, 1.807) is 12.1 Å². The number of halogens is 2. The summed E-state index contributed by atoms with van der Waals surface area (Å²) in [5, 5.41) is 2.53. The van der Waals surface area contributed by atoms with Crippen LogP contribution in [0.15, 0.2) is 87.5 Å². The minimum absolute atomic E-state index is 0.191. The molecule has 1 amide bonds. The van der Waals surface area contributed by atoms with Gasteiger partial charge in [0.05, 0.1) is 10.4 Å². The van der Waals surface area contributed by atoms with Crippen molar-refractivity contribution < 1.29 is 22.0 Å². The largest absolute Gasteiger partial charge is 0.336 e. The lowest BCUT2D eigenvalue weighted by atomic mass is 10.1. The molecule has 0 aliphatic rings. The lowest BCUT2D eigenvalue weighted by molar-refractivity contribution is -0.116. The molecule has 0 aliphatic heterocycles. The molecule has 1 heterocycles.